The summed E-state index contributed by atoms with van der Waals surface area (Å²) < 4.78 is 1.84. The number of anilines is 1. The van der Waals surface area contributed by atoms with E-state index >= 15 is 0 Å². The summed E-state index contributed by atoms with van der Waals surface area (Å²) in [4.78, 5) is 17.2. The molecule has 0 fully saturated rings. The van der Waals surface area contributed by atoms with Gasteiger partial charge >= 0.3 is 0 Å². The van der Waals surface area contributed by atoms with Crippen LogP contribution in [0.15, 0.2) is 77.3 Å². The highest BCUT2D eigenvalue weighted by atomic mass is 79.9. The monoisotopic (exact) mass is 467 g/mol. The van der Waals surface area contributed by atoms with E-state index < -0.39 is 0 Å². The Morgan fingerprint density at radius 3 is 2.50 bits per heavy atom. The van der Waals surface area contributed by atoms with Crippen LogP contribution in [0.5, 0.6) is 0 Å². The molecule has 1 heterocycles. The minimum Gasteiger partial charge on any atom is -0.332 e. The van der Waals surface area contributed by atoms with E-state index in [4.69, 9.17) is 17.2 Å². The first kappa shape index (κ1) is 18.7. The van der Waals surface area contributed by atoms with Crippen LogP contribution < -0.4 is 10.6 Å². The Labute approximate surface area is 179 Å². The number of fused-ring (bicyclic) bond motifs is 1. The number of halogens is 1. The van der Waals surface area contributed by atoms with E-state index in [1.807, 2.05) is 54.6 Å². The van der Waals surface area contributed by atoms with Crippen LogP contribution in [0.3, 0.4) is 0 Å². The molecular weight excluding hydrogens is 454 g/mol. The molecule has 1 aromatic heterocycles. The van der Waals surface area contributed by atoms with Gasteiger partial charge in [0.2, 0.25) is 0 Å². The van der Waals surface area contributed by atoms with E-state index in [0.717, 1.165) is 26.5 Å². The zero-order valence-corrected chi connectivity index (χ0v) is 17.7. The summed E-state index contributed by atoms with van der Waals surface area (Å²) in [5.74, 6) is -0.276. The van der Waals surface area contributed by atoms with Gasteiger partial charge < -0.3 is 5.32 Å². The van der Waals surface area contributed by atoms with E-state index in [9.17, 15) is 4.79 Å². The molecule has 0 aliphatic rings. The lowest BCUT2D eigenvalue weighted by atomic mass is 10.2. The van der Waals surface area contributed by atoms with E-state index in [1.165, 1.54) is 0 Å². The van der Waals surface area contributed by atoms with Crippen LogP contribution in [0.2, 0.25) is 0 Å². The van der Waals surface area contributed by atoms with Crippen molar-refractivity contribution in [3.05, 3.63) is 82.8 Å². The van der Waals surface area contributed by atoms with Crippen LogP contribution in [-0.4, -0.2) is 16.0 Å². The second-order valence-electron chi connectivity index (χ2n) is 5.92. The molecule has 2 N–H and O–H groups in total. The van der Waals surface area contributed by atoms with Gasteiger partial charge in [0.1, 0.15) is 5.01 Å². The maximum Gasteiger partial charge on any atom is 0.258 e. The van der Waals surface area contributed by atoms with E-state index in [-0.39, 0.29) is 11.0 Å². The van der Waals surface area contributed by atoms with E-state index in [0.29, 0.717) is 10.0 Å². The standard InChI is InChI=1S/C21H14BrN3OS2/c22-15-9-3-1-7-13(15)19(26)25-21(27)24-16-10-4-2-8-14(16)20-23-17-11-5-6-12-18(17)28-20/h1-12H,(H2,24,25,26,27). The maximum absolute atomic E-state index is 12.5. The average Bonchev–Trinajstić information content (AvgIpc) is 3.12. The largest absolute Gasteiger partial charge is 0.332 e. The first-order valence-electron chi connectivity index (χ1n) is 8.43. The molecular formula is C21H14BrN3OS2. The number of rotatable bonds is 3. The number of hydrogen-bond acceptors (Lipinski definition) is 4. The van der Waals surface area contributed by atoms with Crippen LogP contribution in [0, 0.1) is 0 Å². The zero-order chi connectivity index (χ0) is 19.5. The molecule has 0 unspecified atom stereocenters. The number of nitrogens with one attached hydrogen (secondary N) is 2. The lowest BCUT2D eigenvalue weighted by Gasteiger charge is -2.13. The fourth-order valence-electron chi connectivity index (χ4n) is 2.74. The number of thiazole rings is 1. The second-order valence-corrected chi connectivity index (χ2v) is 8.21. The van der Waals surface area contributed by atoms with Gasteiger partial charge in [-0.2, -0.15) is 0 Å². The molecule has 28 heavy (non-hydrogen) atoms. The predicted molar refractivity (Wildman–Crippen MR) is 123 cm³/mol. The van der Waals surface area contributed by atoms with Crippen molar-refractivity contribution in [3.63, 3.8) is 0 Å². The Morgan fingerprint density at radius 2 is 1.68 bits per heavy atom. The van der Waals surface area contributed by atoms with Crippen molar-refractivity contribution < 1.29 is 4.79 Å². The van der Waals surface area contributed by atoms with Crippen molar-refractivity contribution in [2.45, 2.75) is 0 Å². The summed E-state index contributed by atoms with van der Waals surface area (Å²) in [6.07, 6.45) is 0. The highest BCUT2D eigenvalue weighted by Gasteiger charge is 2.14. The number of para-hydroxylation sites is 2. The molecule has 0 radical (unpaired) electrons. The fraction of sp³-hybridized carbons (Fsp3) is 0. The van der Waals surface area contributed by atoms with Crippen molar-refractivity contribution in [2.24, 2.45) is 0 Å². The van der Waals surface area contributed by atoms with Gasteiger partial charge in [-0.25, -0.2) is 4.98 Å². The van der Waals surface area contributed by atoms with Gasteiger partial charge in [0.25, 0.3) is 5.91 Å². The smallest absolute Gasteiger partial charge is 0.258 e. The summed E-state index contributed by atoms with van der Waals surface area (Å²) in [5, 5.41) is 6.97. The van der Waals surface area contributed by atoms with Gasteiger partial charge in [0.15, 0.2) is 5.11 Å². The molecule has 0 saturated carbocycles. The molecule has 0 bridgehead atoms. The molecule has 3 aromatic carbocycles. The number of aromatic nitrogens is 1. The third kappa shape index (κ3) is 3.96. The minimum absolute atomic E-state index is 0.231. The number of carbonyl (C=O) groups is 1. The highest BCUT2D eigenvalue weighted by Crippen LogP contribution is 2.34. The molecule has 0 saturated heterocycles. The van der Waals surface area contributed by atoms with Gasteiger partial charge in [0.05, 0.1) is 21.5 Å². The number of hydrogen-bond donors (Lipinski definition) is 2. The van der Waals surface area contributed by atoms with Gasteiger partial charge in [0, 0.05) is 10.0 Å². The zero-order valence-electron chi connectivity index (χ0n) is 14.5. The van der Waals surface area contributed by atoms with Crippen molar-refractivity contribution in [3.8, 4) is 10.6 Å². The molecule has 4 aromatic rings. The molecule has 1 amide bonds. The summed E-state index contributed by atoms with van der Waals surface area (Å²) >= 11 is 10.4. The van der Waals surface area contributed by atoms with Gasteiger partial charge in [-0.1, -0.05) is 36.4 Å². The van der Waals surface area contributed by atoms with Crippen molar-refractivity contribution in [1.82, 2.24) is 10.3 Å². The van der Waals surface area contributed by atoms with Crippen molar-refractivity contribution >= 4 is 66.4 Å². The quantitative estimate of drug-likeness (QED) is 0.370. The summed E-state index contributed by atoms with van der Waals surface area (Å²) in [6, 6.07) is 23.0. The Morgan fingerprint density at radius 1 is 0.964 bits per heavy atom. The molecule has 7 heteroatoms. The molecule has 0 aliphatic carbocycles. The number of nitrogens with zero attached hydrogens (tertiary/aromatic N) is 1. The lowest BCUT2D eigenvalue weighted by Crippen LogP contribution is -2.34. The molecule has 138 valence electrons. The molecule has 4 rings (SSSR count). The number of thiocarbonyl (C=S) groups is 1. The van der Waals surface area contributed by atoms with Crippen LogP contribution in [0.4, 0.5) is 5.69 Å². The Bertz CT molecular complexity index is 1160. The average molecular weight is 468 g/mol. The Balaban J connectivity index is 1.56. The predicted octanol–water partition coefficient (Wildman–Crippen LogP) is 5.85. The molecule has 0 atom stereocenters. The lowest BCUT2D eigenvalue weighted by molar-refractivity contribution is 0.0977. The van der Waals surface area contributed by atoms with Crippen molar-refractivity contribution in [2.75, 3.05) is 5.32 Å². The van der Waals surface area contributed by atoms with Crippen LogP contribution in [0.1, 0.15) is 10.4 Å². The highest BCUT2D eigenvalue weighted by molar-refractivity contribution is 9.10. The van der Waals surface area contributed by atoms with Gasteiger partial charge in [-0.3, -0.25) is 10.1 Å². The van der Waals surface area contributed by atoms with Gasteiger partial charge in [-0.05, 0) is 64.5 Å². The molecule has 0 spiro atoms. The number of carbonyl (C=O) groups excluding carboxylic acids is 1. The first-order chi connectivity index (χ1) is 13.6. The van der Waals surface area contributed by atoms with Crippen LogP contribution in [0.25, 0.3) is 20.8 Å². The first-order valence-corrected chi connectivity index (χ1v) is 10.5. The van der Waals surface area contributed by atoms with Crippen LogP contribution in [-0.2, 0) is 0 Å². The Kier molecular flexibility index (Phi) is 5.47. The fourth-order valence-corrected chi connectivity index (χ4v) is 4.41. The van der Waals surface area contributed by atoms with E-state index in [2.05, 4.69) is 32.6 Å². The minimum atomic E-state index is -0.276. The topological polar surface area (TPSA) is 54.0 Å². The summed E-state index contributed by atoms with van der Waals surface area (Å²) in [7, 11) is 0. The summed E-state index contributed by atoms with van der Waals surface area (Å²) in [5.41, 5.74) is 3.20. The maximum atomic E-state index is 12.5. The third-order valence-corrected chi connectivity index (χ3v) is 6.01. The number of amides is 1. The molecule has 4 nitrogen and oxygen atoms in total. The SMILES string of the molecule is O=C(NC(=S)Nc1ccccc1-c1nc2ccccc2s1)c1ccccc1Br. The Hall–Kier alpha value is -2.61. The van der Waals surface area contributed by atoms with Gasteiger partial charge in [-0.15, -0.1) is 11.3 Å². The summed E-state index contributed by atoms with van der Waals surface area (Å²) in [6.45, 7) is 0. The third-order valence-electron chi connectivity index (χ3n) is 4.05. The normalized spacial score (nSPS) is 10.6. The van der Waals surface area contributed by atoms with Crippen LogP contribution >= 0.6 is 39.5 Å². The van der Waals surface area contributed by atoms with Crippen molar-refractivity contribution in [1.29, 1.82) is 0 Å². The van der Waals surface area contributed by atoms with E-state index in [1.54, 1.807) is 23.5 Å². The molecule has 0 aliphatic heterocycles. The number of benzene rings is 3. The second kappa shape index (κ2) is 8.18.